The average molecular weight is 616 g/mol. The third-order valence-electron chi connectivity index (χ3n) is 6.54. The topological polar surface area (TPSA) is 41.9 Å². The maximum absolute atomic E-state index is 13.8. The zero-order valence-corrected chi connectivity index (χ0v) is 24.6. The monoisotopic (exact) mass is 614 g/mol. The SMILES string of the molecule is CCc1ccc(N=C2S/C(=C\c3cc(Br)ccc3OCc3ccc(F)cc3)C(=O)N2c2ccc(CC)cc2)cc1. The van der Waals surface area contributed by atoms with Gasteiger partial charge in [-0.25, -0.2) is 9.38 Å². The average Bonchev–Trinajstić information content (AvgIpc) is 3.27. The molecule has 1 fully saturated rings. The Balaban J connectivity index is 1.50. The predicted molar refractivity (Wildman–Crippen MR) is 167 cm³/mol. The lowest BCUT2D eigenvalue weighted by Crippen LogP contribution is -2.28. The van der Waals surface area contributed by atoms with Crippen LogP contribution in [0.5, 0.6) is 5.75 Å². The van der Waals surface area contributed by atoms with E-state index in [4.69, 9.17) is 9.73 Å². The van der Waals surface area contributed by atoms with Gasteiger partial charge in [-0.1, -0.05) is 66.2 Å². The van der Waals surface area contributed by atoms with Crippen LogP contribution in [0.25, 0.3) is 6.08 Å². The van der Waals surface area contributed by atoms with Gasteiger partial charge in [0.25, 0.3) is 5.91 Å². The molecule has 202 valence electrons. The third-order valence-corrected chi connectivity index (χ3v) is 8.01. The molecule has 1 saturated heterocycles. The van der Waals surface area contributed by atoms with Gasteiger partial charge in [0, 0.05) is 10.0 Å². The minimum atomic E-state index is -0.290. The number of halogens is 2. The van der Waals surface area contributed by atoms with E-state index < -0.39 is 0 Å². The number of aliphatic imine (C=N–C) groups is 1. The highest BCUT2D eigenvalue weighted by Crippen LogP contribution is 2.39. The van der Waals surface area contributed by atoms with Crippen LogP contribution in [0.4, 0.5) is 15.8 Å². The van der Waals surface area contributed by atoms with E-state index in [0.717, 1.165) is 39.8 Å². The van der Waals surface area contributed by atoms with Gasteiger partial charge in [0.05, 0.1) is 16.3 Å². The highest BCUT2D eigenvalue weighted by Gasteiger charge is 2.35. The summed E-state index contributed by atoms with van der Waals surface area (Å²) in [5.41, 5.74) is 5.58. The van der Waals surface area contributed by atoms with E-state index in [-0.39, 0.29) is 18.3 Å². The molecule has 40 heavy (non-hydrogen) atoms. The predicted octanol–water partition coefficient (Wildman–Crippen LogP) is 9.10. The highest BCUT2D eigenvalue weighted by molar-refractivity contribution is 9.10. The Morgan fingerprint density at radius 3 is 2.15 bits per heavy atom. The molecule has 1 aliphatic heterocycles. The second-order valence-corrected chi connectivity index (χ2v) is 11.2. The van der Waals surface area contributed by atoms with E-state index in [1.807, 2.05) is 60.7 Å². The van der Waals surface area contributed by atoms with Gasteiger partial charge >= 0.3 is 0 Å². The molecule has 0 spiro atoms. The summed E-state index contributed by atoms with van der Waals surface area (Å²) < 4.78 is 20.3. The summed E-state index contributed by atoms with van der Waals surface area (Å²) in [4.78, 5) is 20.9. The zero-order valence-electron chi connectivity index (χ0n) is 22.2. The molecule has 1 heterocycles. The van der Waals surface area contributed by atoms with E-state index in [9.17, 15) is 9.18 Å². The number of carbonyl (C=O) groups is 1. The summed E-state index contributed by atoms with van der Waals surface area (Å²) >= 11 is 4.88. The Hall–Kier alpha value is -3.68. The number of hydrogen-bond donors (Lipinski definition) is 0. The first-order valence-electron chi connectivity index (χ1n) is 13.1. The molecule has 5 rings (SSSR count). The lowest BCUT2D eigenvalue weighted by atomic mass is 10.1. The van der Waals surface area contributed by atoms with E-state index in [0.29, 0.717) is 15.8 Å². The second-order valence-electron chi connectivity index (χ2n) is 9.28. The standard InChI is InChI=1S/C33H28BrFN2O2S/c1-3-22-7-14-28(15-8-22)36-33-37(29-16-9-23(4-2)10-17-29)32(38)31(40-33)20-25-19-26(34)11-18-30(25)39-21-24-5-12-27(35)13-6-24/h5-20H,3-4,21H2,1-2H3/b31-20-,36-33?. The quantitative estimate of drug-likeness (QED) is 0.186. The zero-order chi connectivity index (χ0) is 28.1. The van der Waals surface area contributed by atoms with Crippen LogP contribution < -0.4 is 9.64 Å². The fraction of sp³-hybridized carbons (Fsp3) is 0.152. The Labute approximate surface area is 246 Å². The van der Waals surface area contributed by atoms with Crippen molar-refractivity contribution < 1.29 is 13.9 Å². The van der Waals surface area contributed by atoms with Crippen molar-refractivity contribution in [2.75, 3.05) is 4.90 Å². The minimum absolute atomic E-state index is 0.150. The Kier molecular flexibility index (Phi) is 8.82. The van der Waals surface area contributed by atoms with Crippen molar-refractivity contribution in [1.29, 1.82) is 0 Å². The number of ether oxygens (including phenoxy) is 1. The summed E-state index contributed by atoms with van der Waals surface area (Å²) in [5, 5.41) is 0.591. The van der Waals surface area contributed by atoms with Crippen LogP contribution >= 0.6 is 27.7 Å². The van der Waals surface area contributed by atoms with Crippen molar-refractivity contribution in [3.05, 3.63) is 128 Å². The largest absolute Gasteiger partial charge is 0.488 e. The first kappa shape index (κ1) is 27.9. The van der Waals surface area contributed by atoms with Crippen LogP contribution in [0.15, 0.2) is 105 Å². The molecular formula is C33H28BrFN2O2S. The van der Waals surface area contributed by atoms with Crippen LogP contribution in [0.3, 0.4) is 0 Å². The van der Waals surface area contributed by atoms with Crippen molar-refractivity contribution >= 4 is 56.2 Å². The summed E-state index contributed by atoms with van der Waals surface area (Å²) in [6.07, 6.45) is 3.71. The molecule has 0 saturated carbocycles. The van der Waals surface area contributed by atoms with Crippen LogP contribution in [0.1, 0.15) is 36.1 Å². The molecule has 4 nitrogen and oxygen atoms in total. The van der Waals surface area contributed by atoms with Crippen molar-refractivity contribution in [1.82, 2.24) is 0 Å². The lowest BCUT2D eigenvalue weighted by molar-refractivity contribution is -0.113. The van der Waals surface area contributed by atoms with Gasteiger partial charge in [-0.15, -0.1) is 0 Å². The van der Waals surface area contributed by atoms with Gasteiger partial charge in [-0.2, -0.15) is 0 Å². The van der Waals surface area contributed by atoms with Gasteiger partial charge < -0.3 is 4.74 Å². The van der Waals surface area contributed by atoms with E-state index in [1.165, 1.54) is 35.0 Å². The summed E-state index contributed by atoms with van der Waals surface area (Å²) in [6, 6.07) is 28.0. The lowest BCUT2D eigenvalue weighted by Gasteiger charge is -2.16. The third kappa shape index (κ3) is 6.54. The molecule has 1 amide bonds. The number of carbonyl (C=O) groups excluding carboxylic acids is 1. The van der Waals surface area contributed by atoms with E-state index >= 15 is 0 Å². The summed E-state index contributed by atoms with van der Waals surface area (Å²) in [7, 11) is 0. The number of amides is 1. The maximum atomic E-state index is 13.8. The minimum Gasteiger partial charge on any atom is -0.488 e. The number of thioether (sulfide) groups is 1. The first-order valence-corrected chi connectivity index (χ1v) is 14.7. The van der Waals surface area contributed by atoms with Crippen molar-refractivity contribution in [3.8, 4) is 5.75 Å². The molecule has 0 atom stereocenters. The van der Waals surface area contributed by atoms with Crippen molar-refractivity contribution in [2.45, 2.75) is 33.3 Å². The Bertz CT molecular complexity index is 1570. The molecule has 7 heteroatoms. The number of anilines is 1. The van der Waals surface area contributed by atoms with Gasteiger partial charge in [-0.3, -0.25) is 9.69 Å². The van der Waals surface area contributed by atoms with E-state index in [1.54, 1.807) is 17.0 Å². The number of rotatable bonds is 8. The first-order chi connectivity index (χ1) is 19.4. The molecule has 0 N–H and O–H groups in total. The van der Waals surface area contributed by atoms with Crippen LogP contribution in [0, 0.1) is 5.82 Å². The molecule has 4 aromatic carbocycles. The molecule has 4 aromatic rings. The van der Waals surface area contributed by atoms with E-state index in [2.05, 4.69) is 41.9 Å². The Morgan fingerprint density at radius 1 is 0.875 bits per heavy atom. The highest BCUT2D eigenvalue weighted by atomic mass is 79.9. The van der Waals surface area contributed by atoms with Gasteiger partial charge in [0.1, 0.15) is 18.2 Å². The number of amidine groups is 1. The van der Waals surface area contributed by atoms with Crippen LogP contribution in [-0.2, 0) is 24.2 Å². The number of nitrogens with zero attached hydrogens (tertiary/aromatic N) is 2. The Morgan fingerprint density at radius 2 is 1.50 bits per heavy atom. The fourth-order valence-electron chi connectivity index (χ4n) is 4.22. The van der Waals surface area contributed by atoms with Gasteiger partial charge in [0.2, 0.25) is 0 Å². The number of aryl methyl sites for hydroxylation is 2. The molecule has 0 aromatic heterocycles. The van der Waals surface area contributed by atoms with Gasteiger partial charge in [-0.05, 0) is 102 Å². The molecule has 1 aliphatic rings. The fourth-order valence-corrected chi connectivity index (χ4v) is 5.59. The molecule has 0 aliphatic carbocycles. The van der Waals surface area contributed by atoms with Crippen LogP contribution in [0.2, 0.25) is 0 Å². The molecule has 0 unspecified atom stereocenters. The number of hydrogen-bond acceptors (Lipinski definition) is 4. The molecule has 0 radical (unpaired) electrons. The smallest absolute Gasteiger partial charge is 0.271 e. The van der Waals surface area contributed by atoms with Crippen molar-refractivity contribution in [3.63, 3.8) is 0 Å². The second kappa shape index (κ2) is 12.7. The normalized spacial score (nSPS) is 15.3. The molecule has 0 bridgehead atoms. The molecular weight excluding hydrogens is 587 g/mol. The van der Waals surface area contributed by atoms with Gasteiger partial charge in [0.15, 0.2) is 5.17 Å². The number of benzene rings is 4. The summed E-state index contributed by atoms with van der Waals surface area (Å²) in [6.45, 7) is 4.49. The van der Waals surface area contributed by atoms with Crippen molar-refractivity contribution in [2.24, 2.45) is 4.99 Å². The summed E-state index contributed by atoms with van der Waals surface area (Å²) in [5.74, 6) is 0.178. The van der Waals surface area contributed by atoms with Crippen LogP contribution in [-0.4, -0.2) is 11.1 Å². The maximum Gasteiger partial charge on any atom is 0.271 e.